The third-order valence-corrected chi connectivity index (χ3v) is 6.69. The second kappa shape index (κ2) is 16.6. The summed E-state index contributed by atoms with van der Waals surface area (Å²) in [5.41, 5.74) is 17.9. The van der Waals surface area contributed by atoms with Gasteiger partial charge >= 0.3 is 5.97 Å². The molecule has 3 amide bonds. The smallest absolute Gasteiger partial charge is 0.326 e. The summed E-state index contributed by atoms with van der Waals surface area (Å²) in [5, 5.41) is 26.9. The highest BCUT2D eigenvalue weighted by atomic mass is 16.4. The van der Waals surface area contributed by atoms with Crippen LogP contribution in [-0.4, -0.2) is 80.5 Å². The van der Waals surface area contributed by atoms with Crippen molar-refractivity contribution in [3.8, 4) is 5.75 Å². The van der Waals surface area contributed by atoms with E-state index in [0.29, 0.717) is 18.5 Å². The number of amides is 3. The lowest BCUT2D eigenvalue weighted by molar-refractivity contribution is -0.142. The van der Waals surface area contributed by atoms with Crippen LogP contribution in [0.1, 0.15) is 44.4 Å². The number of aromatic hydroxyl groups is 1. The zero-order chi connectivity index (χ0) is 31.2. The number of carboxylic acid groups (broad SMARTS) is 1. The number of phenols is 1. The van der Waals surface area contributed by atoms with Crippen LogP contribution in [-0.2, 0) is 32.0 Å². The number of imidazole rings is 1. The van der Waals surface area contributed by atoms with Crippen molar-refractivity contribution in [3.63, 3.8) is 0 Å². The summed E-state index contributed by atoms with van der Waals surface area (Å²) in [6.45, 7) is 3.81. The maximum absolute atomic E-state index is 13.5. The number of guanidine groups is 1. The quantitative estimate of drug-likeness (QED) is 0.0610. The minimum atomic E-state index is -1.26. The van der Waals surface area contributed by atoms with E-state index in [0.717, 1.165) is 5.56 Å². The summed E-state index contributed by atoms with van der Waals surface area (Å²) in [7, 11) is 0. The Morgan fingerprint density at radius 3 is 2.24 bits per heavy atom. The van der Waals surface area contributed by atoms with E-state index in [-0.39, 0.29) is 43.4 Å². The van der Waals surface area contributed by atoms with Crippen molar-refractivity contribution in [3.05, 3.63) is 48.0 Å². The van der Waals surface area contributed by atoms with Crippen LogP contribution in [0.5, 0.6) is 5.75 Å². The van der Waals surface area contributed by atoms with E-state index < -0.39 is 47.9 Å². The van der Waals surface area contributed by atoms with E-state index in [1.165, 1.54) is 24.7 Å². The maximum atomic E-state index is 13.5. The molecule has 0 spiro atoms. The van der Waals surface area contributed by atoms with Crippen LogP contribution < -0.4 is 33.2 Å². The van der Waals surface area contributed by atoms with Crippen molar-refractivity contribution < 1.29 is 29.4 Å². The lowest BCUT2D eigenvalue weighted by atomic mass is 9.96. The molecule has 1 aromatic carbocycles. The van der Waals surface area contributed by atoms with Crippen LogP contribution in [0.2, 0.25) is 0 Å². The van der Waals surface area contributed by atoms with Crippen LogP contribution in [0, 0.1) is 5.92 Å². The fourth-order valence-corrected chi connectivity index (χ4v) is 4.06. The molecule has 0 fully saturated rings. The molecule has 5 atom stereocenters. The number of rotatable bonds is 17. The summed E-state index contributed by atoms with van der Waals surface area (Å²) in [6.07, 6.45) is 3.91. The second-order valence-electron chi connectivity index (χ2n) is 10.0. The van der Waals surface area contributed by atoms with E-state index >= 15 is 0 Å². The number of phenolic OH excluding ortho intramolecular Hbond substituents is 1. The van der Waals surface area contributed by atoms with E-state index in [9.17, 15) is 29.4 Å². The van der Waals surface area contributed by atoms with Gasteiger partial charge in [-0.3, -0.25) is 19.4 Å². The van der Waals surface area contributed by atoms with Crippen LogP contribution >= 0.6 is 0 Å². The molecule has 0 aliphatic heterocycles. The van der Waals surface area contributed by atoms with Crippen molar-refractivity contribution >= 4 is 29.7 Å². The first kappa shape index (κ1) is 33.5. The lowest BCUT2D eigenvalue weighted by Crippen LogP contribution is -2.59. The molecular formula is C27H41N9O6. The Hall–Kier alpha value is -4.66. The first-order valence-corrected chi connectivity index (χ1v) is 13.6. The van der Waals surface area contributed by atoms with Gasteiger partial charge in [-0.25, -0.2) is 9.78 Å². The van der Waals surface area contributed by atoms with Gasteiger partial charge in [0.15, 0.2) is 5.96 Å². The molecule has 42 heavy (non-hydrogen) atoms. The van der Waals surface area contributed by atoms with Crippen molar-refractivity contribution in [1.82, 2.24) is 25.9 Å². The zero-order valence-electron chi connectivity index (χ0n) is 23.7. The second-order valence-corrected chi connectivity index (χ2v) is 10.0. The molecule has 15 nitrogen and oxygen atoms in total. The molecule has 0 aliphatic rings. The van der Waals surface area contributed by atoms with E-state index in [4.69, 9.17) is 17.2 Å². The topological polar surface area (TPSA) is 264 Å². The highest BCUT2D eigenvalue weighted by Gasteiger charge is 2.32. The molecule has 1 heterocycles. The van der Waals surface area contributed by atoms with Gasteiger partial charge in [0, 0.05) is 24.9 Å². The normalized spacial score (nSPS) is 14.5. The fourth-order valence-electron chi connectivity index (χ4n) is 4.06. The fraction of sp³-hybridized carbons (Fsp3) is 0.481. The number of H-pyrrole nitrogens is 1. The third-order valence-electron chi connectivity index (χ3n) is 6.69. The highest BCUT2D eigenvalue weighted by Crippen LogP contribution is 2.13. The van der Waals surface area contributed by atoms with Gasteiger partial charge < -0.3 is 48.3 Å². The molecule has 1 aromatic heterocycles. The van der Waals surface area contributed by atoms with E-state index in [2.05, 4.69) is 30.9 Å². The molecule has 2 rings (SSSR count). The lowest BCUT2D eigenvalue weighted by Gasteiger charge is -2.28. The minimum absolute atomic E-state index is 0.0144. The summed E-state index contributed by atoms with van der Waals surface area (Å²) >= 11 is 0. The minimum Gasteiger partial charge on any atom is -0.508 e. The van der Waals surface area contributed by atoms with Gasteiger partial charge in [-0.05, 0) is 42.9 Å². The predicted molar refractivity (Wildman–Crippen MR) is 155 cm³/mol. The summed E-state index contributed by atoms with van der Waals surface area (Å²) < 4.78 is 0. The van der Waals surface area contributed by atoms with Gasteiger partial charge in [-0.2, -0.15) is 0 Å². The molecular weight excluding hydrogens is 546 g/mol. The number of nitrogens with zero attached hydrogens (tertiary/aromatic N) is 2. The molecule has 230 valence electrons. The van der Waals surface area contributed by atoms with Crippen molar-refractivity contribution in [2.45, 2.75) is 70.1 Å². The number of carbonyl (C=O) groups is 4. The number of hydrogen-bond acceptors (Lipinski definition) is 8. The Labute approximate surface area is 243 Å². The summed E-state index contributed by atoms with van der Waals surface area (Å²) in [5.74, 6) is -3.55. The number of hydrogen-bond donors (Lipinski definition) is 9. The Kier molecular flexibility index (Phi) is 13.2. The van der Waals surface area contributed by atoms with Crippen molar-refractivity contribution in [2.75, 3.05) is 6.54 Å². The highest BCUT2D eigenvalue weighted by molar-refractivity contribution is 5.94. The predicted octanol–water partition coefficient (Wildman–Crippen LogP) is -1.13. The number of benzene rings is 1. The van der Waals surface area contributed by atoms with Gasteiger partial charge in [0.2, 0.25) is 17.7 Å². The number of carboxylic acids is 1. The number of aliphatic imine (C=N–C) groups is 1. The molecule has 5 unspecified atom stereocenters. The van der Waals surface area contributed by atoms with Crippen LogP contribution in [0.3, 0.4) is 0 Å². The monoisotopic (exact) mass is 587 g/mol. The third kappa shape index (κ3) is 11.1. The number of aromatic nitrogens is 2. The number of nitrogens with two attached hydrogens (primary N) is 3. The molecule has 12 N–H and O–H groups in total. The first-order chi connectivity index (χ1) is 19.9. The Morgan fingerprint density at radius 1 is 1.00 bits per heavy atom. The Morgan fingerprint density at radius 2 is 1.67 bits per heavy atom. The van der Waals surface area contributed by atoms with Gasteiger partial charge in [0.05, 0.1) is 12.4 Å². The van der Waals surface area contributed by atoms with Crippen LogP contribution in [0.15, 0.2) is 41.8 Å². The Bertz CT molecular complexity index is 1200. The molecule has 0 bridgehead atoms. The molecule has 0 aliphatic carbocycles. The maximum Gasteiger partial charge on any atom is 0.326 e. The van der Waals surface area contributed by atoms with Gasteiger partial charge in [0.1, 0.15) is 23.9 Å². The Balaban J connectivity index is 2.16. The number of aliphatic carboxylic acids is 1. The molecule has 2 aromatic rings. The van der Waals surface area contributed by atoms with Gasteiger partial charge in [-0.15, -0.1) is 0 Å². The molecule has 0 saturated carbocycles. The van der Waals surface area contributed by atoms with E-state index in [1.54, 1.807) is 19.1 Å². The molecule has 0 radical (unpaired) electrons. The number of aromatic amines is 1. The van der Waals surface area contributed by atoms with Crippen LogP contribution in [0.4, 0.5) is 0 Å². The number of carbonyl (C=O) groups excluding carboxylic acids is 3. The van der Waals surface area contributed by atoms with Gasteiger partial charge in [-0.1, -0.05) is 32.4 Å². The SMILES string of the molecule is CCC(C)C(NC(=O)C(N)Cc1ccc(O)cc1)C(=O)NC(Cc1cnc[nH]1)C(=O)NC(CCCN=C(N)N)C(=O)O. The summed E-state index contributed by atoms with van der Waals surface area (Å²) in [4.78, 5) is 62.1. The average Bonchev–Trinajstić information content (AvgIpc) is 3.46. The zero-order valence-corrected chi connectivity index (χ0v) is 23.7. The average molecular weight is 588 g/mol. The molecule has 0 saturated heterocycles. The van der Waals surface area contributed by atoms with Gasteiger partial charge in [0.25, 0.3) is 0 Å². The first-order valence-electron chi connectivity index (χ1n) is 13.6. The standard InChI is InChI=1S/C27H41N9O6/c1-3-15(2)22(36-23(38)19(28)11-16-6-8-18(37)9-7-16)25(40)35-21(12-17-13-31-14-33-17)24(39)34-20(26(41)42)5-4-10-32-27(29)30/h6-9,13-15,19-22,37H,3-5,10-12,28H2,1-2H3,(H,31,33)(H,34,39)(H,35,40)(H,36,38)(H,41,42)(H4,29,30,32). The van der Waals surface area contributed by atoms with Crippen molar-refractivity contribution in [1.29, 1.82) is 0 Å². The molecule has 15 heteroatoms. The van der Waals surface area contributed by atoms with Crippen LogP contribution in [0.25, 0.3) is 0 Å². The van der Waals surface area contributed by atoms with E-state index in [1.807, 2.05) is 6.92 Å². The van der Waals surface area contributed by atoms with Crippen molar-refractivity contribution in [2.24, 2.45) is 28.1 Å². The largest absolute Gasteiger partial charge is 0.508 e. The summed E-state index contributed by atoms with van der Waals surface area (Å²) in [6, 6.07) is 1.81. The number of nitrogens with one attached hydrogen (secondary N) is 4.